The molecule has 1 atom stereocenters. The van der Waals surface area contributed by atoms with Gasteiger partial charge in [0, 0.05) is 44.0 Å². The Kier molecular flexibility index (Phi) is 9.44. The van der Waals surface area contributed by atoms with Crippen LogP contribution in [0.3, 0.4) is 0 Å². The van der Waals surface area contributed by atoms with Gasteiger partial charge in [0.05, 0.1) is 31.6 Å². The van der Waals surface area contributed by atoms with Crippen LogP contribution in [-0.2, 0) is 32.1 Å². The van der Waals surface area contributed by atoms with Gasteiger partial charge in [0.25, 0.3) is 5.91 Å². The molecule has 0 spiro atoms. The molecule has 1 fully saturated rings. The van der Waals surface area contributed by atoms with Crippen molar-refractivity contribution in [3.05, 3.63) is 102 Å². The number of hydrogen-bond acceptors (Lipinski definition) is 8. The molecular weight excluding hydrogens is 536 g/mol. The van der Waals surface area contributed by atoms with Crippen molar-refractivity contribution in [2.45, 2.75) is 19.0 Å². The Hall–Kier alpha value is -4.71. The Labute approximate surface area is 243 Å². The van der Waals surface area contributed by atoms with Gasteiger partial charge in [0.15, 0.2) is 5.82 Å². The number of Topliss-reactive ketones (excluding diaryl/α,β-unsaturated/α-hetero) is 1. The largest absolute Gasteiger partial charge is 0.379 e. The van der Waals surface area contributed by atoms with Crippen LogP contribution in [0.1, 0.15) is 21.5 Å². The summed E-state index contributed by atoms with van der Waals surface area (Å²) in [6.45, 7) is 4.24. The third-order valence-corrected chi connectivity index (χ3v) is 6.92. The summed E-state index contributed by atoms with van der Waals surface area (Å²) in [6, 6.07) is 21.3. The second-order valence-electron chi connectivity index (χ2n) is 9.82. The van der Waals surface area contributed by atoms with Crippen molar-refractivity contribution in [2.24, 2.45) is 0 Å². The van der Waals surface area contributed by atoms with Gasteiger partial charge in [-0.15, -0.1) is 0 Å². The molecule has 4 aromatic rings. The molecule has 42 heavy (non-hydrogen) atoms. The zero-order chi connectivity index (χ0) is 29.3. The third-order valence-electron chi connectivity index (χ3n) is 6.92. The fourth-order valence-electron chi connectivity index (χ4n) is 4.75. The number of rotatable bonds is 11. The molecule has 11 nitrogen and oxygen atoms in total. The van der Waals surface area contributed by atoms with Crippen molar-refractivity contribution < 1.29 is 24.0 Å². The van der Waals surface area contributed by atoms with Crippen molar-refractivity contribution in [3.63, 3.8) is 0 Å². The second-order valence-corrected chi connectivity index (χ2v) is 9.82. The maximum absolute atomic E-state index is 13.5. The van der Waals surface area contributed by atoms with Gasteiger partial charge in [-0.1, -0.05) is 54.6 Å². The summed E-state index contributed by atoms with van der Waals surface area (Å²) in [5, 5.41) is 7.38. The van der Waals surface area contributed by atoms with Gasteiger partial charge in [-0.2, -0.15) is 5.10 Å². The summed E-state index contributed by atoms with van der Waals surface area (Å²) in [5.41, 5.74) is 5.87. The zero-order valence-corrected chi connectivity index (χ0v) is 23.2. The van der Waals surface area contributed by atoms with Gasteiger partial charge in [0.1, 0.15) is 6.04 Å². The number of hydrogen-bond donors (Lipinski definition) is 2. The number of carbonyl (C=O) groups excluding carboxylic acids is 3. The van der Waals surface area contributed by atoms with Crippen LogP contribution in [0.15, 0.2) is 85.2 Å². The normalized spacial score (nSPS) is 14.2. The Morgan fingerprint density at radius 2 is 1.71 bits per heavy atom. The van der Waals surface area contributed by atoms with E-state index in [2.05, 4.69) is 37.3 Å². The van der Waals surface area contributed by atoms with E-state index in [1.54, 1.807) is 24.5 Å². The van der Waals surface area contributed by atoms with Crippen LogP contribution in [0.5, 0.6) is 0 Å². The van der Waals surface area contributed by atoms with Gasteiger partial charge in [-0.05, 0) is 29.3 Å². The van der Waals surface area contributed by atoms with E-state index in [0.717, 1.165) is 49.7 Å². The number of ether oxygens (including phenoxy) is 1. The third kappa shape index (κ3) is 7.13. The Bertz CT molecular complexity index is 1520. The second kappa shape index (κ2) is 13.8. The van der Waals surface area contributed by atoms with Crippen molar-refractivity contribution in [3.8, 4) is 17.1 Å². The standard InChI is InChI=1S/C31H32N6O5/c1-41-35-31(40)28(38)27(20-22-6-3-2-4-7-22)33-30(39)25-8-5-14-32-29(25)37-15-13-26(34-37)24-11-9-23(10-12-24)21-36-16-18-42-19-17-36/h2-15,27H,16-21H2,1H3,(H,33,39)(H,35,40). The van der Waals surface area contributed by atoms with Crippen LogP contribution >= 0.6 is 0 Å². The Balaban J connectivity index is 1.33. The predicted octanol–water partition coefficient (Wildman–Crippen LogP) is 2.35. The van der Waals surface area contributed by atoms with Crippen LogP contribution in [0.2, 0.25) is 0 Å². The highest BCUT2D eigenvalue weighted by Crippen LogP contribution is 2.21. The monoisotopic (exact) mass is 568 g/mol. The number of nitrogens with one attached hydrogen (secondary N) is 2. The van der Waals surface area contributed by atoms with Gasteiger partial charge in [-0.25, -0.2) is 15.1 Å². The van der Waals surface area contributed by atoms with Crippen molar-refractivity contribution >= 4 is 17.6 Å². The minimum Gasteiger partial charge on any atom is -0.379 e. The molecule has 2 aromatic heterocycles. The SMILES string of the molecule is CONC(=O)C(=O)C(Cc1ccccc1)NC(=O)c1cccnc1-n1ccc(-c2ccc(CN3CCOCC3)cc2)n1. The minimum atomic E-state index is -1.13. The van der Waals surface area contributed by atoms with Crippen molar-refractivity contribution in [1.82, 2.24) is 30.5 Å². The molecule has 11 heteroatoms. The summed E-state index contributed by atoms with van der Waals surface area (Å²) in [5.74, 6) is -2.07. The van der Waals surface area contributed by atoms with E-state index in [1.165, 1.54) is 17.4 Å². The van der Waals surface area contributed by atoms with Gasteiger partial charge < -0.3 is 10.1 Å². The van der Waals surface area contributed by atoms with Crippen LogP contribution in [-0.4, -0.2) is 76.7 Å². The molecule has 1 unspecified atom stereocenters. The van der Waals surface area contributed by atoms with Gasteiger partial charge >= 0.3 is 5.91 Å². The number of amides is 2. The van der Waals surface area contributed by atoms with Crippen LogP contribution in [0, 0.1) is 0 Å². The molecule has 0 aliphatic carbocycles. The van der Waals surface area contributed by atoms with E-state index in [4.69, 9.17) is 4.74 Å². The first kappa shape index (κ1) is 28.8. The van der Waals surface area contributed by atoms with E-state index < -0.39 is 23.6 Å². The summed E-state index contributed by atoms with van der Waals surface area (Å²) < 4.78 is 6.96. The molecule has 1 aliphatic rings. The van der Waals surface area contributed by atoms with Gasteiger partial charge in [-0.3, -0.25) is 24.1 Å². The van der Waals surface area contributed by atoms with E-state index in [9.17, 15) is 14.4 Å². The number of benzene rings is 2. The summed E-state index contributed by atoms with van der Waals surface area (Å²) in [7, 11) is 1.23. The molecule has 216 valence electrons. The number of aromatic nitrogens is 3. The minimum absolute atomic E-state index is 0.117. The first-order valence-corrected chi connectivity index (χ1v) is 13.6. The molecule has 1 saturated heterocycles. The number of ketones is 1. The first-order valence-electron chi connectivity index (χ1n) is 13.6. The molecule has 2 N–H and O–H groups in total. The highest BCUT2D eigenvalue weighted by Gasteiger charge is 2.29. The summed E-state index contributed by atoms with van der Waals surface area (Å²) in [6.07, 6.45) is 3.41. The molecule has 0 saturated carbocycles. The van der Waals surface area contributed by atoms with E-state index in [-0.39, 0.29) is 17.8 Å². The number of carbonyl (C=O) groups is 3. The lowest BCUT2D eigenvalue weighted by molar-refractivity contribution is -0.145. The van der Waals surface area contributed by atoms with Crippen molar-refractivity contribution in [2.75, 3.05) is 33.4 Å². The van der Waals surface area contributed by atoms with Crippen molar-refractivity contribution in [1.29, 1.82) is 0 Å². The topological polar surface area (TPSA) is 128 Å². The maximum atomic E-state index is 13.5. The lowest BCUT2D eigenvalue weighted by atomic mass is 10.0. The number of morpholine rings is 1. The maximum Gasteiger partial charge on any atom is 0.313 e. The molecule has 0 bridgehead atoms. The molecule has 2 amide bonds. The molecule has 2 aromatic carbocycles. The zero-order valence-electron chi connectivity index (χ0n) is 23.2. The first-order chi connectivity index (χ1) is 20.5. The number of nitrogens with zero attached hydrogens (tertiary/aromatic N) is 4. The van der Waals surface area contributed by atoms with E-state index >= 15 is 0 Å². The smallest absolute Gasteiger partial charge is 0.313 e. The fraction of sp³-hybridized carbons (Fsp3) is 0.258. The summed E-state index contributed by atoms with van der Waals surface area (Å²) >= 11 is 0. The fourth-order valence-corrected chi connectivity index (χ4v) is 4.75. The molecule has 3 heterocycles. The Morgan fingerprint density at radius 1 is 0.952 bits per heavy atom. The molecule has 1 aliphatic heterocycles. The Morgan fingerprint density at radius 3 is 2.45 bits per heavy atom. The summed E-state index contributed by atoms with van der Waals surface area (Å²) in [4.78, 5) is 50.0. The van der Waals surface area contributed by atoms with E-state index in [0.29, 0.717) is 0 Å². The number of hydroxylamine groups is 1. The molecule has 0 radical (unpaired) electrons. The van der Waals surface area contributed by atoms with Gasteiger partial charge in [0.2, 0.25) is 5.78 Å². The predicted molar refractivity (Wildman–Crippen MR) is 154 cm³/mol. The van der Waals surface area contributed by atoms with Crippen LogP contribution in [0.4, 0.5) is 0 Å². The molecular formula is C31H32N6O5. The van der Waals surface area contributed by atoms with E-state index in [1.807, 2.05) is 54.0 Å². The lowest BCUT2D eigenvalue weighted by Crippen LogP contribution is -2.48. The van der Waals surface area contributed by atoms with Crippen LogP contribution < -0.4 is 10.8 Å². The number of pyridine rings is 1. The lowest BCUT2D eigenvalue weighted by Gasteiger charge is -2.26. The quantitative estimate of drug-likeness (QED) is 0.209. The highest BCUT2D eigenvalue weighted by atomic mass is 16.6. The van der Waals surface area contributed by atoms with Crippen LogP contribution in [0.25, 0.3) is 17.1 Å². The average Bonchev–Trinajstić information content (AvgIpc) is 3.52. The average molecular weight is 569 g/mol. The highest BCUT2D eigenvalue weighted by molar-refractivity contribution is 6.38. The molecule has 5 rings (SSSR count).